The Morgan fingerprint density at radius 1 is 1.19 bits per heavy atom. The van der Waals surface area contributed by atoms with Crippen molar-refractivity contribution in [2.24, 2.45) is 0 Å². The molecule has 1 amide bonds. The molecule has 0 bridgehead atoms. The van der Waals surface area contributed by atoms with Crippen LogP contribution in [0.3, 0.4) is 0 Å². The molecule has 138 valence electrons. The summed E-state index contributed by atoms with van der Waals surface area (Å²) in [6, 6.07) is 8.85. The van der Waals surface area contributed by atoms with Crippen molar-refractivity contribution in [3.05, 3.63) is 40.6 Å². The average Bonchev–Trinajstić information content (AvgIpc) is 2.50. The van der Waals surface area contributed by atoms with Crippen LogP contribution in [-0.2, 0) is 4.74 Å². The normalized spacial score (nSPS) is 13.1. The topological polar surface area (TPSA) is 32.8 Å². The number of nitrogens with zero attached hydrogens (tertiary/aromatic N) is 2. The second kappa shape index (κ2) is 6.78. The molecule has 4 nitrogen and oxygen atoms in total. The Bertz CT molecular complexity index is 881. The van der Waals surface area contributed by atoms with Crippen molar-refractivity contribution >= 4 is 50.8 Å². The minimum absolute atomic E-state index is 0.227. The van der Waals surface area contributed by atoms with Gasteiger partial charge in [-0.25, -0.2) is 14.1 Å². The maximum atomic E-state index is 15.0. The highest BCUT2D eigenvalue weighted by Gasteiger charge is 2.34. The summed E-state index contributed by atoms with van der Waals surface area (Å²) < 4.78 is 21.4. The molecule has 0 radical (unpaired) electrons. The summed E-state index contributed by atoms with van der Waals surface area (Å²) in [7, 11) is 3.70. The van der Waals surface area contributed by atoms with E-state index >= 15 is 4.39 Å². The molecule has 0 spiro atoms. The van der Waals surface area contributed by atoms with Gasteiger partial charge in [0.1, 0.15) is 11.3 Å². The molecule has 1 aliphatic rings. The molecule has 2 aromatic rings. The van der Waals surface area contributed by atoms with E-state index in [4.69, 9.17) is 4.74 Å². The SMILES string of the molecule is CN(C)c1cc(F)c2c(c1)Sc1cc(Br)ccc1N2C(=O)OC(C)(C)C. The first-order chi connectivity index (χ1) is 12.1. The standard InChI is InChI=1S/C19H20BrFN2O2S/c1-19(2,3)25-18(24)23-14-7-6-11(20)8-15(14)26-16-10-12(22(4)5)9-13(21)17(16)23/h6-10H,1-5H3. The van der Waals surface area contributed by atoms with Crippen LogP contribution in [0.25, 0.3) is 0 Å². The van der Waals surface area contributed by atoms with E-state index in [0.717, 1.165) is 15.1 Å². The Hall–Kier alpha value is -1.73. The van der Waals surface area contributed by atoms with Crippen LogP contribution in [0, 0.1) is 5.82 Å². The molecule has 1 heterocycles. The third kappa shape index (κ3) is 3.69. The van der Waals surface area contributed by atoms with Gasteiger partial charge >= 0.3 is 6.09 Å². The van der Waals surface area contributed by atoms with Crippen LogP contribution >= 0.6 is 27.7 Å². The van der Waals surface area contributed by atoms with Gasteiger partial charge in [-0.05, 0) is 51.1 Å². The lowest BCUT2D eigenvalue weighted by Crippen LogP contribution is -2.35. The second-order valence-corrected chi connectivity index (χ2v) is 9.20. The smallest absolute Gasteiger partial charge is 0.419 e. The number of ether oxygens (including phenoxy) is 1. The number of fused-ring (bicyclic) bond motifs is 2. The summed E-state index contributed by atoms with van der Waals surface area (Å²) >= 11 is 4.89. The zero-order chi connectivity index (χ0) is 19.2. The summed E-state index contributed by atoms with van der Waals surface area (Å²) in [4.78, 5) is 17.6. The molecule has 26 heavy (non-hydrogen) atoms. The molecule has 0 saturated carbocycles. The Morgan fingerprint density at radius 3 is 2.50 bits per heavy atom. The van der Waals surface area contributed by atoms with Gasteiger partial charge in [0.2, 0.25) is 0 Å². The van der Waals surface area contributed by atoms with E-state index in [2.05, 4.69) is 15.9 Å². The maximum Gasteiger partial charge on any atom is 0.419 e. The molecule has 0 aliphatic carbocycles. The number of hydrogen-bond acceptors (Lipinski definition) is 4. The predicted molar refractivity (Wildman–Crippen MR) is 107 cm³/mol. The second-order valence-electron chi connectivity index (χ2n) is 7.20. The van der Waals surface area contributed by atoms with Crippen molar-refractivity contribution in [2.45, 2.75) is 36.2 Å². The molecule has 0 fully saturated rings. The summed E-state index contributed by atoms with van der Waals surface area (Å²) in [6.07, 6.45) is -0.598. The van der Waals surface area contributed by atoms with E-state index in [1.54, 1.807) is 26.8 Å². The lowest BCUT2D eigenvalue weighted by Gasteiger charge is -2.33. The number of carbonyl (C=O) groups excluding carboxylic acids is 1. The highest BCUT2D eigenvalue weighted by Crippen LogP contribution is 2.51. The fraction of sp³-hybridized carbons (Fsp3) is 0.316. The minimum atomic E-state index is -0.683. The van der Waals surface area contributed by atoms with Crippen molar-refractivity contribution in [1.82, 2.24) is 0 Å². The average molecular weight is 439 g/mol. The number of carbonyl (C=O) groups is 1. The van der Waals surface area contributed by atoms with Gasteiger partial charge < -0.3 is 9.64 Å². The van der Waals surface area contributed by atoms with Crippen LogP contribution in [0.4, 0.5) is 26.2 Å². The number of rotatable bonds is 1. The van der Waals surface area contributed by atoms with Crippen LogP contribution in [0.2, 0.25) is 0 Å². The largest absolute Gasteiger partial charge is 0.443 e. The van der Waals surface area contributed by atoms with Crippen molar-refractivity contribution in [2.75, 3.05) is 23.9 Å². The van der Waals surface area contributed by atoms with Gasteiger partial charge in [0.25, 0.3) is 0 Å². The van der Waals surface area contributed by atoms with E-state index in [0.29, 0.717) is 10.6 Å². The zero-order valence-electron chi connectivity index (χ0n) is 15.3. The van der Waals surface area contributed by atoms with E-state index in [-0.39, 0.29) is 5.69 Å². The zero-order valence-corrected chi connectivity index (χ0v) is 17.7. The molecule has 0 saturated heterocycles. The van der Waals surface area contributed by atoms with Crippen molar-refractivity contribution < 1.29 is 13.9 Å². The Kier molecular flexibility index (Phi) is 4.96. The summed E-state index contributed by atoms with van der Waals surface area (Å²) in [6.45, 7) is 5.37. The lowest BCUT2D eigenvalue weighted by molar-refractivity contribution is 0.0596. The molecule has 7 heteroatoms. The van der Waals surface area contributed by atoms with Gasteiger partial charge in [0.15, 0.2) is 5.82 Å². The van der Waals surface area contributed by atoms with Crippen LogP contribution < -0.4 is 9.80 Å². The Labute approximate surface area is 165 Å². The van der Waals surface area contributed by atoms with Crippen LogP contribution in [0.15, 0.2) is 44.6 Å². The molecule has 2 aromatic carbocycles. The monoisotopic (exact) mass is 438 g/mol. The number of anilines is 3. The molecule has 3 rings (SSSR count). The van der Waals surface area contributed by atoms with Gasteiger partial charge in [-0.15, -0.1) is 0 Å². The van der Waals surface area contributed by atoms with Gasteiger partial charge in [0, 0.05) is 34.0 Å². The highest BCUT2D eigenvalue weighted by atomic mass is 79.9. The molecule has 1 aliphatic heterocycles. The summed E-state index contributed by atoms with van der Waals surface area (Å²) in [5.41, 5.74) is 0.884. The van der Waals surface area contributed by atoms with Crippen molar-refractivity contribution in [3.63, 3.8) is 0 Å². The first-order valence-corrected chi connectivity index (χ1v) is 9.69. The van der Waals surface area contributed by atoms with E-state index in [9.17, 15) is 4.79 Å². The van der Waals surface area contributed by atoms with E-state index in [1.807, 2.05) is 37.2 Å². The fourth-order valence-corrected chi connectivity index (χ4v) is 4.27. The Balaban J connectivity index is 2.19. The minimum Gasteiger partial charge on any atom is -0.443 e. The van der Waals surface area contributed by atoms with Gasteiger partial charge in [-0.3, -0.25) is 0 Å². The lowest BCUT2D eigenvalue weighted by atomic mass is 10.2. The molecule has 0 atom stereocenters. The molecule has 0 N–H and O–H groups in total. The number of hydrogen-bond donors (Lipinski definition) is 0. The Morgan fingerprint density at radius 2 is 1.88 bits per heavy atom. The van der Waals surface area contributed by atoms with Gasteiger partial charge in [-0.2, -0.15) is 0 Å². The summed E-state index contributed by atoms with van der Waals surface area (Å²) in [5, 5.41) is 0. The molecule has 0 unspecified atom stereocenters. The molecular formula is C19H20BrFN2O2S. The molecular weight excluding hydrogens is 419 g/mol. The van der Waals surface area contributed by atoms with Crippen molar-refractivity contribution in [3.8, 4) is 0 Å². The first kappa shape index (κ1) is 19.0. The fourth-order valence-electron chi connectivity index (χ4n) is 2.60. The third-order valence-corrected chi connectivity index (χ3v) is 5.28. The first-order valence-electron chi connectivity index (χ1n) is 8.08. The van der Waals surface area contributed by atoms with E-state index < -0.39 is 17.5 Å². The maximum absolute atomic E-state index is 15.0. The van der Waals surface area contributed by atoms with Crippen LogP contribution in [0.1, 0.15) is 20.8 Å². The predicted octanol–water partition coefficient (Wildman–Crippen LogP) is 6.19. The van der Waals surface area contributed by atoms with Gasteiger partial charge in [0.05, 0.1) is 5.69 Å². The summed E-state index contributed by atoms with van der Waals surface area (Å²) in [5.74, 6) is -0.460. The number of amides is 1. The number of benzene rings is 2. The van der Waals surface area contributed by atoms with Gasteiger partial charge in [-0.1, -0.05) is 27.7 Å². The van der Waals surface area contributed by atoms with Crippen LogP contribution in [0.5, 0.6) is 0 Å². The van der Waals surface area contributed by atoms with Crippen molar-refractivity contribution in [1.29, 1.82) is 0 Å². The highest BCUT2D eigenvalue weighted by molar-refractivity contribution is 9.10. The van der Waals surface area contributed by atoms with Crippen LogP contribution in [-0.4, -0.2) is 25.8 Å². The van der Waals surface area contributed by atoms with E-state index in [1.165, 1.54) is 22.7 Å². The quantitative estimate of drug-likeness (QED) is 0.530. The number of halogens is 2. The molecule has 0 aromatic heterocycles. The third-order valence-electron chi connectivity index (χ3n) is 3.71.